The summed E-state index contributed by atoms with van der Waals surface area (Å²) >= 11 is 1.73. The van der Waals surface area contributed by atoms with Gasteiger partial charge in [-0.1, -0.05) is 107 Å². The van der Waals surface area contributed by atoms with Gasteiger partial charge in [0.1, 0.15) is 5.75 Å². The Labute approximate surface area is 319 Å². The van der Waals surface area contributed by atoms with Crippen LogP contribution in [0.1, 0.15) is 115 Å². The molecule has 0 fully saturated rings. The zero-order chi connectivity index (χ0) is 32.5. The second kappa shape index (κ2) is 27.5. The monoisotopic (exact) mass is 662 g/mol. The third kappa shape index (κ3) is 19.0. The van der Waals surface area contributed by atoms with E-state index in [2.05, 4.69) is 92.2 Å². The van der Waals surface area contributed by atoms with Crippen LogP contribution in [0.5, 0.6) is 5.75 Å². The zero-order valence-electron chi connectivity index (χ0n) is 28.3. The Morgan fingerprint density at radius 2 is 1.42 bits per heavy atom. The van der Waals surface area contributed by atoms with Crippen molar-refractivity contribution in [3.05, 3.63) is 89.8 Å². The van der Waals surface area contributed by atoms with Gasteiger partial charge in [-0.05, 0) is 88.6 Å². The molecule has 1 aromatic carbocycles. The number of hydrogen-bond donors (Lipinski definition) is 3. The quantitative estimate of drug-likeness (QED) is 0.0603. The second-order valence-electron chi connectivity index (χ2n) is 10.7. The van der Waals surface area contributed by atoms with Gasteiger partial charge in [-0.3, -0.25) is 4.79 Å². The molecule has 1 rings (SSSR count). The van der Waals surface area contributed by atoms with Crippen molar-refractivity contribution < 1.29 is 71.2 Å². The van der Waals surface area contributed by atoms with Crippen LogP contribution in [-0.2, 0) is 4.79 Å². The Hall–Kier alpha value is -1.55. The maximum atomic E-state index is 13.5. The Bertz CT molecular complexity index is 1110. The minimum absolute atomic E-state index is 0. The number of nitrogens with one attached hydrogen (secondary N) is 1. The molecule has 0 saturated carbocycles. The first kappa shape index (κ1) is 43.4. The molecule has 0 saturated heterocycles. The van der Waals surface area contributed by atoms with E-state index in [-0.39, 0.29) is 68.6 Å². The van der Waals surface area contributed by atoms with Gasteiger partial charge in [0, 0.05) is 0 Å². The second-order valence-corrected chi connectivity index (χ2v) is 12.1. The molecule has 6 nitrogen and oxygen atoms in total. The number of aromatic hydroxyl groups is 1. The van der Waals surface area contributed by atoms with E-state index in [1.54, 1.807) is 17.8 Å². The number of thioether (sulfide) groups is 1. The van der Waals surface area contributed by atoms with Crippen molar-refractivity contribution in [3.8, 4) is 5.75 Å². The Morgan fingerprint density at radius 1 is 0.867 bits per heavy atom. The largest absolute Gasteiger partial charge is 1.00 e. The molecular weight excluding hydrogens is 608 g/mol. The topological polar surface area (TPSA) is 101 Å². The summed E-state index contributed by atoms with van der Waals surface area (Å²) < 4.78 is -0.528. The van der Waals surface area contributed by atoms with Crippen LogP contribution in [0.25, 0.3) is 5.32 Å². The van der Waals surface area contributed by atoms with E-state index >= 15 is 0 Å². The summed E-state index contributed by atoms with van der Waals surface area (Å²) in [7, 11) is 0. The van der Waals surface area contributed by atoms with Gasteiger partial charge in [-0.25, -0.2) is 4.79 Å². The molecule has 8 heteroatoms. The average Bonchev–Trinajstić information content (AvgIpc) is 3.01. The SMILES string of the molecule is CC/C=C\C/C=C\C/C=C\C/C=C\C/C=C\CCCCSC(CC)(CC)C(=O)NC(CCC)[N-]c1ccc(O)c(C(=O)O)c1.[K+]. The first-order chi connectivity index (χ1) is 21.3. The maximum absolute atomic E-state index is 13.5. The van der Waals surface area contributed by atoms with Gasteiger partial charge in [0.2, 0.25) is 5.91 Å². The molecule has 0 aliphatic carbocycles. The third-order valence-corrected chi connectivity index (χ3v) is 9.04. The Kier molecular flexibility index (Phi) is 26.6. The van der Waals surface area contributed by atoms with E-state index in [1.807, 2.05) is 6.92 Å². The van der Waals surface area contributed by atoms with Crippen molar-refractivity contribution >= 4 is 29.3 Å². The molecule has 0 aliphatic heterocycles. The molecule has 45 heavy (non-hydrogen) atoms. The molecule has 0 aliphatic rings. The van der Waals surface area contributed by atoms with E-state index in [1.165, 1.54) is 12.1 Å². The normalized spacial score (nSPS) is 12.9. The number of allylic oxidation sites excluding steroid dienone is 10. The van der Waals surface area contributed by atoms with Crippen molar-refractivity contribution in [2.75, 3.05) is 5.75 Å². The summed E-state index contributed by atoms with van der Waals surface area (Å²) in [5.74, 6) is -0.634. The van der Waals surface area contributed by atoms with E-state index in [0.29, 0.717) is 12.1 Å². The van der Waals surface area contributed by atoms with Crippen LogP contribution >= 0.6 is 11.8 Å². The van der Waals surface area contributed by atoms with Crippen LogP contribution in [0.4, 0.5) is 5.69 Å². The molecule has 1 aromatic rings. The van der Waals surface area contributed by atoms with Gasteiger partial charge in [0.15, 0.2) is 0 Å². The number of rotatable bonds is 24. The van der Waals surface area contributed by atoms with E-state index in [0.717, 1.165) is 76.4 Å². The number of unbranched alkanes of at least 4 members (excludes halogenated alkanes) is 2. The van der Waals surface area contributed by atoms with Gasteiger partial charge >= 0.3 is 57.4 Å². The van der Waals surface area contributed by atoms with Crippen LogP contribution in [0.3, 0.4) is 0 Å². The van der Waals surface area contributed by atoms with Crippen LogP contribution in [0, 0.1) is 0 Å². The van der Waals surface area contributed by atoms with Gasteiger partial charge in [0.05, 0.1) is 10.3 Å². The molecule has 1 amide bonds. The molecule has 3 N–H and O–H groups in total. The third-order valence-electron chi connectivity index (χ3n) is 7.23. The summed E-state index contributed by atoms with van der Waals surface area (Å²) in [6.07, 6.45) is 32.7. The fourth-order valence-corrected chi connectivity index (χ4v) is 5.86. The number of carboxylic acids is 1. The number of carboxylic acid groups (broad SMARTS) is 1. The number of carbonyl (C=O) groups is 2. The number of hydrogen-bond acceptors (Lipinski definition) is 4. The van der Waals surface area contributed by atoms with Crippen molar-refractivity contribution in [2.45, 2.75) is 116 Å². The molecule has 244 valence electrons. The smallest absolute Gasteiger partial charge is 0.665 e. The van der Waals surface area contributed by atoms with Crippen LogP contribution < -0.4 is 56.7 Å². The minimum atomic E-state index is -1.22. The first-order valence-corrected chi connectivity index (χ1v) is 17.3. The van der Waals surface area contributed by atoms with Crippen LogP contribution in [0.15, 0.2) is 79.0 Å². The number of phenols is 1. The van der Waals surface area contributed by atoms with Crippen molar-refractivity contribution in [1.29, 1.82) is 0 Å². The standard InChI is InChI=1S/C37H55N2O4S.K/c1-5-9-10-11-12-13-14-15-16-17-18-19-20-21-22-23-24-25-29-44-37(7-3,8-4)36(43)39-34(26-6-2)38-31-27-28-33(40)32(30-31)35(41)42;/h9-10,12-13,15-16,18-19,21-22,27-28,30,34,40H,5-8,11,14,17,20,23-26,29H2,1-4H3,(H,39,43)(H,41,42);/q-1;+1/b10-9-,13-12-,16-15-,19-18-,22-21-;. The number of benzene rings is 1. The summed E-state index contributed by atoms with van der Waals surface area (Å²) in [5, 5.41) is 26.8. The van der Waals surface area contributed by atoms with Gasteiger partial charge < -0.3 is 20.8 Å². The van der Waals surface area contributed by atoms with E-state index < -0.39 is 16.9 Å². The summed E-state index contributed by atoms with van der Waals surface area (Å²) in [6, 6.07) is 4.23. The van der Waals surface area contributed by atoms with Crippen LogP contribution in [0.2, 0.25) is 0 Å². The van der Waals surface area contributed by atoms with Crippen molar-refractivity contribution in [2.24, 2.45) is 0 Å². The number of carbonyl (C=O) groups excluding carboxylic acids is 1. The van der Waals surface area contributed by atoms with Gasteiger partial charge in [-0.15, -0.1) is 17.4 Å². The predicted octanol–water partition coefficient (Wildman–Crippen LogP) is 7.56. The zero-order valence-corrected chi connectivity index (χ0v) is 32.3. The molecular formula is C37H55KN2O4S. The van der Waals surface area contributed by atoms with Crippen molar-refractivity contribution in [3.63, 3.8) is 0 Å². The minimum Gasteiger partial charge on any atom is -0.665 e. The predicted molar refractivity (Wildman–Crippen MR) is 189 cm³/mol. The number of amides is 1. The fourth-order valence-electron chi connectivity index (χ4n) is 4.52. The molecule has 0 bridgehead atoms. The maximum Gasteiger partial charge on any atom is 1.00 e. The average molecular weight is 663 g/mol. The Morgan fingerprint density at radius 3 is 1.93 bits per heavy atom. The summed E-state index contributed by atoms with van der Waals surface area (Å²) in [5.41, 5.74) is 0.213. The number of nitrogens with zero attached hydrogens (tertiary/aromatic N) is 1. The molecule has 1 unspecified atom stereocenters. The molecule has 0 spiro atoms. The molecule has 0 radical (unpaired) electrons. The molecule has 1 atom stereocenters. The van der Waals surface area contributed by atoms with Crippen molar-refractivity contribution in [1.82, 2.24) is 5.32 Å². The molecule has 0 aromatic heterocycles. The van der Waals surface area contributed by atoms with Gasteiger partial charge in [-0.2, -0.15) is 0 Å². The molecule has 0 heterocycles. The van der Waals surface area contributed by atoms with Gasteiger partial charge in [0.25, 0.3) is 0 Å². The fraction of sp³-hybridized carbons (Fsp3) is 0.514. The van der Waals surface area contributed by atoms with Crippen LogP contribution in [-0.4, -0.2) is 38.8 Å². The summed E-state index contributed by atoms with van der Waals surface area (Å²) in [6.45, 7) is 8.28. The number of aromatic carboxylic acids is 1. The summed E-state index contributed by atoms with van der Waals surface area (Å²) in [4.78, 5) is 24.9. The van der Waals surface area contributed by atoms with E-state index in [4.69, 9.17) is 0 Å². The first-order valence-electron chi connectivity index (χ1n) is 16.3. The Balaban J connectivity index is 0.0000194. The van der Waals surface area contributed by atoms with E-state index in [9.17, 15) is 19.8 Å².